The molecule has 2 amide bonds. The third kappa shape index (κ3) is 5.73. The van der Waals surface area contributed by atoms with Gasteiger partial charge in [-0.05, 0) is 68.5 Å². The van der Waals surface area contributed by atoms with Crippen LogP contribution in [0.1, 0.15) is 24.8 Å². The fourth-order valence-corrected chi connectivity index (χ4v) is 4.44. The van der Waals surface area contributed by atoms with E-state index >= 15 is 0 Å². The van der Waals surface area contributed by atoms with Crippen LogP contribution in [0.15, 0.2) is 41.3 Å². The first-order chi connectivity index (χ1) is 15.6. The minimum absolute atomic E-state index is 0.231. The van der Waals surface area contributed by atoms with Crippen LogP contribution in [0.4, 0.5) is 10.6 Å². The van der Waals surface area contributed by atoms with Gasteiger partial charge in [-0.25, -0.2) is 9.59 Å². The molecule has 1 aliphatic carbocycles. The third-order valence-electron chi connectivity index (χ3n) is 6.38. The topological polar surface area (TPSA) is 117 Å². The standard InChI is InChI=1S/C23H33N7O2/c24-16-18-1-4-19(15-18)26-9-7-17-2-5-20(6-3-17)30-12-8-21(28-23(30)32)27-22(31)29-13-10-25-11-14-29/h2-3,5-6,8,12,18-19,25-26H,1,4,7,9-11,13-16,24H2,(H,27,28,31,32)/t18-,19+/m0/s1. The lowest BCUT2D eigenvalue weighted by Crippen LogP contribution is -2.48. The van der Waals surface area contributed by atoms with E-state index in [4.69, 9.17) is 5.73 Å². The lowest BCUT2D eigenvalue weighted by molar-refractivity contribution is 0.204. The zero-order chi connectivity index (χ0) is 22.3. The average molecular weight is 440 g/mol. The Hall–Kier alpha value is -2.75. The van der Waals surface area contributed by atoms with Crippen molar-refractivity contribution in [2.75, 3.05) is 44.6 Å². The molecule has 1 aromatic heterocycles. The fraction of sp³-hybridized carbons (Fsp3) is 0.522. The molecule has 1 aromatic carbocycles. The third-order valence-corrected chi connectivity index (χ3v) is 6.38. The van der Waals surface area contributed by atoms with E-state index in [2.05, 4.69) is 20.9 Å². The van der Waals surface area contributed by atoms with Crippen LogP contribution in [0.3, 0.4) is 0 Å². The van der Waals surface area contributed by atoms with Crippen molar-refractivity contribution in [1.82, 2.24) is 25.1 Å². The van der Waals surface area contributed by atoms with E-state index in [0.717, 1.165) is 38.3 Å². The molecule has 9 nitrogen and oxygen atoms in total. The van der Waals surface area contributed by atoms with Gasteiger partial charge in [-0.15, -0.1) is 0 Å². The number of hydrogen-bond acceptors (Lipinski definition) is 6. The molecular formula is C23H33N7O2. The molecule has 2 atom stereocenters. The molecular weight excluding hydrogens is 406 g/mol. The zero-order valence-electron chi connectivity index (χ0n) is 18.4. The summed E-state index contributed by atoms with van der Waals surface area (Å²) in [4.78, 5) is 30.5. The molecule has 0 unspecified atom stereocenters. The number of carbonyl (C=O) groups excluding carboxylic acids is 1. The Labute approximate surface area is 188 Å². The summed E-state index contributed by atoms with van der Waals surface area (Å²) in [6.07, 6.45) is 6.20. The van der Waals surface area contributed by atoms with Crippen LogP contribution in [0.2, 0.25) is 0 Å². The Morgan fingerprint density at radius 2 is 1.94 bits per heavy atom. The SMILES string of the molecule is NC[C@H]1CC[C@@H](NCCc2ccc(-n3ccc(NC(=O)N4CCNCC4)nc3=O)cc2)C1. The van der Waals surface area contributed by atoms with E-state index in [0.29, 0.717) is 25.0 Å². The van der Waals surface area contributed by atoms with Crippen molar-refractivity contribution in [2.45, 2.75) is 31.7 Å². The van der Waals surface area contributed by atoms with Gasteiger partial charge in [-0.1, -0.05) is 12.1 Å². The van der Waals surface area contributed by atoms with Gasteiger partial charge in [0.05, 0.1) is 5.69 Å². The van der Waals surface area contributed by atoms with Gasteiger partial charge in [0, 0.05) is 38.4 Å². The number of benzene rings is 1. The van der Waals surface area contributed by atoms with Crippen LogP contribution in [0.25, 0.3) is 5.69 Å². The van der Waals surface area contributed by atoms with Gasteiger partial charge in [0.1, 0.15) is 5.82 Å². The molecule has 1 saturated heterocycles. The fourth-order valence-electron chi connectivity index (χ4n) is 4.44. The van der Waals surface area contributed by atoms with E-state index in [1.54, 1.807) is 17.2 Å². The number of urea groups is 1. The second kappa shape index (κ2) is 10.7. The number of nitrogens with two attached hydrogens (primary N) is 1. The summed E-state index contributed by atoms with van der Waals surface area (Å²) in [6.45, 7) is 4.54. The van der Waals surface area contributed by atoms with Gasteiger partial charge in [-0.2, -0.15) is 4.98 Å². The van der Waals surface area contributed by atoms with Crippen LogP contribution < -0.4 is 27.4 Å². The summed E-state index contributed by atoms with van der Waals surface area (Å²) < 4.78 is 1.48. The van der Waals surface area contributed by atoms with Gasteiger partial charge in [0.2, 0.25) is 0 Å². The predicted molar refractivity (Wildman–Crippen MR) is 125 cm³/mol. The number of nitrogens with one attached hydrogen (secondary N) is 3. The number of aromatic nitrogens is 2. The van der Waals surface area contributed by atoms with Crippen molar-refractivity contribution < 1.29 is 4.79 Å². The first-order valence-electron chi connectivity index (χ1n) is 11.5. The maximum Gasteiger partial charge on any atom is 0.354 e. The monoisotopic (exact) mass is 439 g/mol. The normalized spacial score (nSPS) is 21.0. The average Bonchev–Trinajstić information content (AvgIpc) is 3.28. The van der Waals surface area contributed by atoms with Crippen LogP contribution in [-0.2, 0) is 6.42 Å². The van der Waals surface area contributed by atoms with E-state index < -0.39 is 5.69 Å². The second-order valence-electron chi connectivity index (χ2n) is 8.61. The zero-order valence-corrected chi connectivity index (χ0v) is 18.4. The Balaban J connectivity index is 1.30. The van der Waals surface area contributed by atoms with Crippen LogP contribution in [-0.4, -0.2) is 65.8 Å². The van der Waals surface area contributed by atoms with E-state index in [1.165, 1.54) is 29.4 Å². The minimum atomic E-state index is -0.423. The number of nitrogens with zero attached hydrogens (tertiary/aromatic N) is 3. The van der Waals surface area contributed by atoms with Crippen molar-refractivity contribution in [1.29, 1.82) is 0 Å². The number of anilines is 1. The molecule has 1 aliphatic heterocycles. The number of amides is 2. The highest BCUT2D eigenvalue weighted by atomic mass is 16.2. The first kappa shape index (κ1) is 22.4. The Kier molecular flexibility index (Phi) is 7.51. The molecule has 4 rings (SSSR count). The Morgan fingerprint density at radius 1 is 1.16 bits per heavy atom. The summed E-state index contributed by atoms with van der Waals surface area (Å²) in [5.74, 6) is 0.932. The predicted octanol–water partition coefficient (Wildman–Crippen LogP) is 0.929. The van der Waals surface area contributed by atoms with Crippen LogP contribution in [0.5, 0.6) is 0 Å². The summed E-state index contributed by atoms with van der Waals surface area (Å²) >= 11 is 0. The molecule has 2 aromatic rings. The van der Waals surface area contributed by atoms with Crippen molar-refractivity contribution in [2.24, 2.45) is 11.7 Å². The Bertz CT molecular complexity index is 954. The number of rotatable bonds is 7. The van der Waals surface area contributed by atoms with E-state index in [-0.39, 0.29) is 11.8 Å². The van der Waals surface area contributed by atoms with Crippen molar-refractivity contribution in [3.8, 4) is 5.69 Å². The van der Waals surface area contributed by atoms with Gasteiger partial charge >= 0.3 is 11.7 Å². The highest BCUT2D eigenvalue weighted by Gasteiger charge is 2.22. The molecule has 172 valence electrons. The molecule has 0 spiro atoms. The highest BCUT2D eigenvalue weighted by molar-refractivity contribution is 5.88. The summed E-state index contributed by atoms with van der Waals surface area (Å²) in [5.41, 5.74) is 7.32. The smallest absolute Gasteiger partial charge is 0.330 e. The quantitative estimate of drug-likeness (QED) is 0.510. The van der Waals surface area contributed by atoms with E-state index in [1.807, 2.05) is 24.3 Å². The molecule has 0 bridgehead atoms. The minimum Gasteiger partial charge on any atom is -0.330 e. The molecule has 2 aliphatic rings. The summed E-state index contributed by atoms with van der Waals surface area (Å²) in [5, 5.41) is 9.55. The number of carbonyl (C=O) groups is 1. The van der Waals surface area contributed by atoms with Crippen LogP contribution >= 0.6 is 0 Å². The number of piperazine rings is 1. The summed E-state index contributed by atoms with van der Waals surface area (Å²) in [7, 11) is 0. The molecule has 2 heterocycles. The highest BCUT2D eigenvalue weighted by Crippen LogP contribution is 2.24. The number of hydrogen-bond donors (Lipinski definition) is 4. The lowest BCUT2D eigenvalue weighted by Gasteiger charge is -2.27. The Morgan fingerprint density at radius 3 is 2.62 bits per heavy atom. The van der Waals surface area contributed by atoms with Crippen molar-refractivity contribution in [3.05, 3.63) is 52.6 Å². The van der Waals surface area contributed by atoms with Crippen molar-refractivity contribution in [3.63, 3.8) is 0 Å². The largest absolute Gasteiger partial charge is 0.354 e. The maximum atomic E-state index is 12.5. The molecule has 9 heteroatoms. The summed E-state index contributed by atoms with van der Waals surface area (Å²) in [6, 6.07) is 9.94. The lowest BCUT2D eigenvalue weighted by atomic mass is 10.1. The van der Waals surface area contributed by atoms with E-state index in [9.17, 15) is 9.59 Å². The molecule has 32 heavy (non-hydrogen) atoms. The van der Waals surface area contributed by atoms with Gasteiger partial charge in [0.25, 0.3) is 0 Å². The molecule has 5 N–H and O–H groups in total. The van der Waals surface area contributed by atoms with Crippen molar-refractivity contribution >= 4 is 11.8 Å². The second-order valence-corrected chi connectivity index (χ2v) is 8.61. The van der Waals surface area contributed by atoms with Crippen LogP contribution in [0, 0.1) is 5.92 Å². The van der Waals surface area contributed by atoms with Gasteiger partial charge in [0.15, 0.2) is 0 Å². The molecule has 2 fully saturated rings. The van der Waals surface area contributed by atoms with Gasteiger partial charge < -0.3 is 21.3 Å². The van der Waals surface area contributed by atoms with Gasteiger partial charge in [-0.3, -0.25) is 9.88 Å². The first-order valence-corrected chi connectivity index (χ1v) is 11.5. The molecule has 1 saturated carbocycles. The maximum absolute atomic E-state index is 12.5. The molecule has 0 radical (unpaired) electrons.